The van der Waals surface area contributed by atoms with Gasteiger partial charge in [0.2, 0.25) is 0 Å². The van der Waals surface area contributed by atoms with Gasteiger partial charge in [0.1, 0.15) is 12.2 Å². The second-order valence-electron chi connectivity index (χ2n) is 5.83. The van der Waals surface area contributed by atoms with E-state index in [1.165, 1.54) is 6.42 Å². The molecule has 0 N–H and O–H groups in total. The molecule has 15 heavy (non-hydrogen) atoms. The molecule has 3 heteroatoms. The van der Waals surface area contributed by atoms with Crippen molar-refractivity contribution in [3.05, 3.63) is 12.2 Å². The molecule has 0 radical (unpaired) electrons. The minimum absolute atomic E-state index is 0.0594. The Morgan fingerprint density at radius 3 is 2.27 bits per heavy atom. The van der Waals surface area contributed by atoms with Crippen LogP contribution in [0.5, 0.6) is 0 Å². The van der Waals surface area contributed by atoms with Crippen LogP contribution in [0.4, 0.5) is 0 Å². The molecule has 0 saturated carbocycles. The lowest BCUT2D eigenvalue weighted by atomic mass is 9.86. The second-order valence-corrected chi connectivity index (χ2v) is 5.83. The summed E-state index contributed by atoms with van der Waals surface area (Å²) in [4.78, 5) is 0. The van der Waals surface area contributed by atoms with Crippen molar-refractivity contribution in [2.45, 2.75) is 65.3 Å². The first-order valence-electron chi connectivity index (χ1n) is 5.70. The van der Waals surface area contributed by atoms with E-state index in [2.05, 4.69) is 56.3 Å². The largest absolute Gasteiger partial charge is 0.312 e. The molecule has 86 valence electrons. The van der Waals surface area contributed by atoms with Gasteiger partial charge in [-0.05, 0) is 27.2 Å². The lowest BCUT2D eigenvalue weighted by Crippen LogP contribution is -2.30. The van der Waals surface area contributed by atoms with Crippen LogP contribution in [0.15, 0.2) is 6.33 Å². The third-order valence-electron chi connectivity index (χ3n) is 2.75. The Labute approximate surface area is 92.9 Å². The molecule has 0 fully saturated rings. The van der Waals surface area contributed by atoms with Crippen molar-refractivity contribution in [2.24, 2.45) is 0 Å². The van der Waals surface area contributed by atoms with Crippen molar-refractivity contribution in [1.82, 2.24) is 14.8 Å². The summed E-state index contributed by atoms with van der Waals surface area (Å²) >= 11 is 0. The summed E-state index contributed by atoms with van der Waals surface area (Å²) in [6, 6.07) is 0. The van der Waals surface area contributed by atoms with Crippen molar-refractivity contribution in [1.29, 1.82) is 0 Å². The van der Waals surface area contributed by atoms with Gasteiger partial charge < -0.3 is 4.57 Å². The van der Waals surface area contributed by atoms with Crippen LogP contribution in [0.2, 0.25) is 0 Å². The fourth-order valence-electron chi connectivity index (χ4n) is 1.92. The predicted octanol–water partition coefficient (Wildman–Crippen LogP) is 3.11. The van der Waals surface area contributed by atoms with Gasteiger partial charge in [0.15, 0.2) is 0 Å². The molecular formula is C12H23N3. The lowest BCUT2D eigenvalue weighted by Gasteiger charge is -2.29. The summed E-state index contributed by atoms with van der Waals surface area (Å²) in [5.74, 6) is 1.09. The molecule has 0 amide bonds. The molecule has 0 aromatic carbocycles. The molecule has 0 bridgehead atoms. The molecule has 0 aliphatic heterocycles. The van der Waals surface area contributed by atoms with Crippen LogP contribution in [0, 0.1) is 0 Å². The first kappa shape index (κ1) is 12.2. The van der Waals surface area contributed by atoms with E-state index in [1.807, 2.05) is 6.33 Å². The first-order chi connectivity index (χ1) is 6.79. The third-order valence-corrected chi connectivity index (χ3v) is 2.75. The summed E-state index contributed by atoms with van der Waals surface area (Å²) in [6.45, 7) is 13.2. The molecule has 0 aliphatic carbocycles. The van der Waals surface area contributed by atoms with Gasteiger partial charge in [0, 0.05) is 11.0 Å². The molecule has 0 aliphatic rings. The van der Waals surface area contributed by atoms with Crippen molar-refractivity contribution in [3.8, 4) is 0 Å². The zero-order chi connectivity index (χ0) is 11.7. The van der Waals surface area contributed by atoms with Crippen LogP contribution >= 0.6 is 0 Å². The quantitative estimate of drug-likeness (QED) is 0.765. The standard InChI is InChI=1S/C12H23N3/c1-7-8-12(5,6)10-14-13-9-15(10)11(2,3)4/h9H,7-8H2,1-6H3. The SMILES string of the molecule is CCCC(C)(C)c1nncn1C(C)(C)C. The highest BCUT2D eigenvalue weighted by molar-refractivity contribution is 5.06. The normalized spacial score (nSPS) is 13.2. The van der Waals surface area contributed by atoms with Gasteiger partial charge in [-0.2, -0.15) is 0 Å². The molecule has 0 unspecified atom stereocenters. The molecule has 0 atom stereocenters. The minimum Gasteiger partial charge on any atom is -0.312 e. The summed E-state index contributed by atoms with van der Waals surface area (Å²) < 4.78 is 2.18. The predicted molar refractivity (Wildman–Crippen MR) is 63.0 cm³/mol. The van der Waals surface area contributed by atoms with Gasteiger partial charge in [-0.15, -0.1) is 10.2 Å². The number of hydrogen-bond acceptors (Lipinski definition) is 2. The molecule has 1 aromatic rings. The average molecular weight is 209 g/mol. The topological polar surface area (TPSA) is 30.7 Å². The highest BCUT2D eigenvalue weighted by Gasteiger charge is 2.29. The maximum Gasteiger partial charge on any atom is 0.138 e. The van der Waals surface area contributed by atoms with Gasteiger partial charge in [-0.1, -0.05) is 27.2 Å². The molecular weight excluding hydrogens is 186 g/mol. The Bertz CT molecular complexity index is 318. The zero-order valence-corrected chi connectivity index (χ0v) is 10.8. The second kappa shape index (κ2) is 3.95. The first-order valence-corrected chi connectivity index (χ1v) is 5.70. The lowest BCUT2D eigenvalue weighted by molar-refractivity contribution is 0.334. The van der Waals surface area contributed by atoms with E-state index in [0.29, 0.717) is 0 Å². The average Bonchev–Trinajstić information content (AvgIpc) is 2.49. The van der Waals surface area contributed by atoms with Crippen molar-refractivity contribution >= 4 is 0 Å². The number of aromatic nitrogens is 3. The molecule has 3 nitrogen and oxygen atoms in total. The van der Waals surface area contributed by atoms with Gasteiger partial charge in [0.25, 0.3) is 0 Å². The van der Waals surface area contributed by atoms with Crippen molar-refractivity contribution in [3.63, 3.8) is 0 Å². The van der Waals surface area contributed by atoms with E-state index >= 15 is 0 Å². The van der Waals surface area contributed by atoms with Crippen LogP contribution in [-0.4, -0.2) is 14.8 Å². The molecule has 1 aromatic heterocycles. The fraction of sp³-hybridized carbons (Fsp3) is 0.833. The number of nitrogens with zero attached hydrogens (tertiary/aromatic N) is 3. The van der Waals surface area contributed by atoms with Crippen molar-refractivity contribution in [2.75, 3.05) is 0 Å². The van der Waals surface area contributed by atoms with Gasteiger partial charge >= 0.3 is 0 Å². The Hall–Kier alpha value is -0.860. The Kier molecular flexibility index (Phi) is 3.22. The summed E-state index contributed by atoms with van der Waals surface area (Å²) in [5.41, 5.74) is 0.169. The third kappa shape index (κ3) is 2.58. The molecule has 0 spiro atoms. The highest BCUT2D eigenvalue weighted by Crippen LogP contribution is 2.29. The van der Waals surface area contributed by atoms with Gasteiger partial charge in [0.05, 0.1) is 0 Å². The van der Waals surface area contributed by atoms with Crippen molar-refractivity contribution < 1.29 is 0 Å². The van der Waals surface area contributed by atoms with Crippen LogP contribution in [0.25, 0.3) is 0 Å². The van der Waals surface area contributed by atoms with E-state index in [0.717, 1.165) is 12.2 Å². The van der Waals surface area contributed by atoms with E-state index in [4.69, 9.17) is 0 Å². The number of hydrogen-bond donors (Lipinski definition) is 0. The van der Waals surface area contributed by atoms with E-state index in [-0.39, 0.29) is 11.0 Å². The summed E-state index contributed by atoms with van der Waals surface area (Å²) in [6.07, 6.45) is 4.15. The van der Waals surface area contributed by atoms with E-state index in [9.17, 15) is 0 Å². The highest BCUT2D eigenvalue weighted by atomic mass is 15.3. The maximum atomic E-state index is 4.29. The summed E-state index contributed by atoms with van der Waals surface area (Å²) in [5, 5.41) is 8.34. The van der Waals surface area contributed by atoms with Crippen LogP contribution in [-0.2, 0) is 11.0 Å². The molecule has 0 saturated heterocycles. The maximum absolute atomic E-state index is 4.29. The number of rotatable bonds is 3. The van der Waals surface area contributed by atoms with Gasteiger partial charge in [-0.3, -0.25) is 0 Å². The van der Waals surface area contributed by atoms with Crippen LogP contribution < -0.4 is 0 Å². The van der Waals surface area contributed by atoms with Gasteiger partial charge in [-0.25, -0.2) is 0 Å². The molecule has 1 heterocycles. The van der Waals surface area contributed by atoms with Crippen LogP contribution in [0.3, 0.4) is 0 Å². The van der Waals surface area contributed by atoms with E-state index in [1.54, 1.807) is 0 Å². The van der Waals surface area contributed by atoms with E-state index < -0.39 is 0 Å². The van der Waals surface area contributed by atoms with Crippen LogP contribution in [0.1, 0.15) is 60.2 Å². The smallest absolute Gasteiger partial charge is 0.138 e. The zero-order valence-electron chi connectivity index (χ0n) is 10.8. The minimum atomic E-state index is 0.0594. The fourth-order valence-corrected chi connectivity index (χ4v) is 1.92. The Morgan fingerprint density at radius 2 is 1.80 bits per heavy atom. The monoisotopic (exact) mass is 209 g/mol. The molecule has 1 rings (SSSR count). The Balaban J connectivity index is 3.10. The summed E-state index contributed by atoms with van der Waals surface area (Å²) in [7, 11) is 0. The Morgan fingerprint density at radius 1 is 1.20 bits per heavy atom.